The molecule has 0 radical (unpaired) electrons. The number of hydrogen-bond donors (Lipinski definition) is 2. The molecule has 0 aliphatic heterocycles. The Morgan fingerprint density at radius 3 is 2.19 bits per heavy atom. The first-order valence-electron chi connectivity index (χ1n) is 8.55. The minimum atomic E-state index is -0.271. The van der Waals surface area contributed by atoms with E-state index in [0.717, 1.165) is 11.1 Å². The van der Waals surface area contributed by atoms with E-state index < -0.39 is 0 Å². The molecular weight excluding hydrogens is 324 g/mol. The van der Waals surface area contributed by atoms with Crippen LogP contribution in [0.4, 0.5) is 0 Å². The van der Waals surface area contributed by atoms with Gasteiger partial charge < -0.3 is 10.6 Å². The van der Waals surface area contributed by atoms with Crippen LogP contribution < -0.4 is 10.6 Å². The summed E-state index contributed by atoms with van der Waals surface area (Å²) in [6.07, 6.45) is 0. The van der Waals surface area contributed by atoms with Crippen molar-refractivity contribution in [2.45, 2.75) is 26.2 Å². The number of amides is 2. The van der Waals surface area contributed by atoms with Gasteiger partial charge in [-0.15, -0.1) is 0 Å². The van der Waals surface area contributed by atoms with E-state index in [1.165, 1.54) is 0 Å². The molecule has 26 heavy (non-hydrogen) atoms. The summed E-state index contributed by atoms with van der Waals surface area (Å²) < 4.78 is 0. The number of carbonyl (C=O) groups is 2. The fraction of sp³-hybridized carbons (Fsp3) is 0.273. The number of carbonyl (C=O) groups excluding carboxylic acids is 2. The highest BCUT2D eigenvalue weighted by Crippen LogP contribution is 2.22. The van der Waals surface area contributed by atoms with Crippen molar-refractivity contribution >= 4 is 11.8 Å². The van der Waals surface area contributed by atoms with Crippen LogP contribution in [0.3, 0.4) is 0 Å². The van der Waals surface area contributed by atoms with E-state index in [0.29, 0.717) is 5.56 Å². The molecule has 0 atom stereocenters. The predicted octanol–water partition coefficient (Wildman–Crippen LogP) is 2.88. The average Bonchev–Trinajstić information content (AvgIpc) is 2.63. The van der Waals surface area contributed by atoms with Crippen molar-refractivity contribution in [3.8, 4) is 11.8 Å². The van der Waals surface area contributed by atoms with Crippen molar-refractivity contribution in [3.63, 3.8) is 0 Å². The average molecular weight is 348 g/mol. The minimum absolute atomic E-state index is 0.0374. The summed E-state index contributed by atoms with van der Waals surface area (Å²) in [4.78, 5) is 23.9. The molecule has 0 fully saturated rings. The van der Waals surface area contributed by atoms with Crippen molar-refractivity contribution < 1.29 is 9.59 Å². The topological polar surface area (TPSA) is 58.2 Å². The van der Waals surface area contributed by atoms with Gasteiger partial charge in [-0.1, -0.05) is 62.9 Å². The van der Waals surface area contributed by atoms with Gasteiger partial charge in [0.2, 0.25) is 5.91 Å². The monoisotopic (exact) mass is 348 g/mol. The zero-order valence-electron chi connectivity index (χ0n) is 15.4. The second kappa shape index (κ2) is 8.87. The Morgan fingerprint density at radius 2 is 1.58 bits per heavy atom. The van der Waals surface area contributed by atoms with Gasteiger partial charge in [-0.25, -0.2) is 0 Å². The Bertz CT molecular complexity index is 807. The Hall–Kier alpha value is -3.06. The molecule has 0 unspecified atom stereocenters. The summed E-state index contributed by atoms with van der Waals surface area (Å²) in [7, 11) is 0. The first kappa shape index (κ1) is 19.3. The third-order valence-electron chi connectivity index (χ3n) is 3.80. The Kier molecular flexibility index (Phi) is 6.57. The van der Waals surface area contributed by atoms with Crippen molar-refractivity contribution in [3.05, 3.63) is 71.3 Å². The van der Waals surface area contributed by atoms with Crippen LogP contribution in [0.1, 0.15) is 42.3 Å². The molecule has 0 spiro atoms. The first-order chi connectivity index (χ1) is 12.4. The van der Waals surface area contributed by atoms with Crippen molar-refractivity contribution in [1.29, 1.82) is 0 Å². The van der Waals surface area contributed by atoms with Crippen LogP contribution >= 0.6 is 0 Å². The second-order valence-electron chi connectivity index (χ2n) is 6.95. The van der Waals surface area contributed by atoms with Crippen LogP contribution in [0.15, 0.2) is 54.6 Å². The normalized spacial score (nSPS) is 10.4. The minimum Gasteiger partial charge on any atom is -0.344 e. The summed E-state index contributed by atoms with van der Waals surface area (Å²) in [5.74, 6) is 5.29. The lowest BCUT2D eigenvalue weighted by Gasteiger charge is -2.19. The molecule has 0 aliphatic rings. The third-order valence-corrected chi connectivity index (χ3v) is 3.80. The molecule has 2 rings (SSSR count). The maximum atomic E-state index is 12.1. The smallest absolute Gasteiger partial charge is 0.251 e. The highest BCUT2D eigenvalue weighted by atomic mass is 16.2. The Balaban J connectivity index is 1.76. The van der Waals surface area contributed by atoms with E-state index in [2.05, 4.69) is 43.2 Å². The molecule has 4 nitrogen and oxygen atoms in total. The summed E-state index contributed by atoms with van der Waals surface area (Å²) in [5, 5.41) is 5.28. The summed E-state index contributed by atoms with van der Waals surface area (Å²) in [6.45, 7) is 6.52. The van der Waals surface area contributed by atoms with Crippen molar-refractivity contribution in [1.82, 2.24) is 10.6 Å². The summed E-state index contributed by atoms with van der Waals surface area (Å²) in [6, 6.07) is 17.0. The molecule has 0 heterocycles. The van der Waals surface area contributed by atoms with Crippen LogP contribution in [-0.4, -0.2) is 24.9 Å². The van der Waals surface area contributed by atoms with Gasteiger partial charge in [0.1, 0.15) is 0 Å². The zero-order valence-corrected chi connectivity index (χ0v) is 15.4. The van der Waals surface area contributed by atoms with Crippen LogP contribution in [0.2, 0.25) is 0 Å². The second-order valence-corrected chi connectivity index (χ2v) is 6.95. The number of nitrogens with one attached hydrogen (secondary N) is 2. The molecule has 2 amide bonds. The summed E-state index contributed by atoms with van der Waals surface area (Å²) in [5.41, 5.74) is 2.63. The molecular formula is C22H24N2O2. The SMILES string of the molecule is CC(C)(C)c1ccc(C(=O)NCC(=O)NCC#Cc2ccccc2)cc1. The van der Waals surface area contributed by atoms with E-state index in [1.807, 2.05) is 42.5 Å². The van der Waals surface area contributed by atoms with E-state index in [1.54, 1.807) is 12.1 Å². The first-order valence-corrected chi connectivity index (χ1v) is 8.55. The van der Waals surface area contributed by atoms with Gasteiger partial charge in [-0.3, -0.25) is 9.59 Å². The lowest BCUT2D eigenvalue weighted by Crippen LogP contribution is -2.37. The van der Waals surface area contributed by atoms with Crippen LogP contribution in [0.25, 0.3) is 0 Å². The molecule has 0 saturated carbocycles. The lowest BCUT2D eigenvalue weighted by atomic mass is 9.87. The number of hydrogen-bond acceptors (Lipinski definition) is 2. The third kappa shape index (κ3) is 6.10. The predicted molar refractivity (Wildman–Crippen MR) is 104 cm³/mol. The van der Waals surface area contributed by atoms with E-state index in [9.17, 15) is 9.59 Å². The molecule has 2 aromatic rings. The molecule has 2 N–H and O–H groups in total. The maximum absolute atomic E-state index is 12.1. The Labute approximate surface area is 155 Å². The van der Waals surface area contributed by atoms with E-state index in [-0.39, 0.29) is 30.3 Å². The standard InChI is InChI=1S/C22H24N2O2/c1-22(2,3)19-13-11-18(12-14-19)21(26)24-16-20(25)23-15-7-10-17-8-5-4-6-9-17/h4-6,8-9,11-14H,15-16H2,1-3H3,(H,23,25)(H,24,26). The van der Waals surface area contributed by atoms with Gasteiger partial charge >= 0.3 is 0 Å². The van der Waals surface area contributed by atoms with Gasteiger partial charge in [-0.05, 0) is 35.2 Å². The van der Waals surface area contributed by atoms with Gasteiger partial charge in [0.15, 0.2) is 0 Å². The van der Waals surface area contributed by atoms with Crippen molar-refractivity contribution in [2.75, 3.05) is 13.1 Å². The van der Waals surface area contributed by atoms with Gasteiger partial charge in [0, 0.05) is 11.1 Å². The molecule has 2 aromatic carbocycles. The highest BCUT2D eigenvalue weighted by molar-refractivity contribution is 5.96. The Morgan fingerprint density at radius 1 is 0.923 bits per heavy atom. The quantitative estimate of drug-likeness (QED) is 0.835. The molecule has 0 aliphatic carbocycles. The molecule has 134 valence electrons. The van der Waals surface area contributed by atoms with E-state index >= 15 is 0 Å². The van der Waals surface area contributed by atoms with Crippen molar-refractivity contribution in [2.24, 2.45) is 0 Å². The van der Waals surface area contributed by atoms with E-state index in [4.69, 9.17) is 0 Å². The van der Waals surface area contributed by atoms with Crippen LogP contribution in [0, 0.1) is 11.8 Å². The van der Waals surface area contributed by atoms with Gasteiger partial charge in [0.25, 0.3) is 5.91 Å². The van der Waals surface area contributed by atoms with Gasteiger partial charge in [0.05, 0.1) is 13.1 Å². The molecule has 0 bridgehead atoms. The molecule has 0 saturated heterocycles. The lowest BCUT2D eigenvalue weighted by molar-refractivity contribution is -0.119. The van der Waals surface area contributed by atoms with Crippen LogP contribution in [-0.2, 0) is 10.2 Å². The largest absolute Gasteiger partial charge is 0.344 e. The maximum Gasteiger partial charge on any atom is 0.251 e. The molecule has 0 aromatic heterocycles. The fourth-order valence-electron chi connectivity index (χ4n) is 2.26. The number of rotatable bonds is 4. The summed E-state index contributed by atoms with van der Waals surface area (Å²) >= 11 is 0. The number of benzene rings is 2. The highest BCUT2D eigenvalue weighted by Gasteiger charge is 2.14. The van der Waals surface area contributed by atoms with Gasteiger partial charge in [-0.2, -0.15) is 0 Å². The zero-order chi connectivity index (χ0) is 19.0. The van der Waals surface area contributed by atoms with Crippen LogP contribution in [0.5, 0.6) is 0 Å². The fourth-order valence-corrected chi connectivity index (χ4v) is 2.26. The molecule has 4 heteroatoms.